The average molecular weight is 410 g/mol. The number of halogens is 1. The van der Waals surface area contributed by atoms with Crippen LogP contribution < -0.4 is 0 Å². The van der Waals surface area contributed by atoms with Gasteiger partial charge in [0.1, 0.15) is 5.75 Å². The molecule has 1 heterocycles. The van der Waals surface area contributed by atoms with E-state index in [9.17, 15) is 13.5 Å². The molecule has 0 saturated heterocycles. The van der Waals surface area contributed by atoms with Crippen molar-refractivity contribution in [1.29, 1.82) is 0 Å². The van der Waals surface area contributed by atoms with Crippen LogP contribution in [-0.2, 0) is 29.3 Å². The van der Waals surface area contributed by atoms with Gasteiger partial charge in [0.05, 0.1) is 4.90 Å². The fourth-order valence-electron chi connectivity index (χ4n) is 3.51. The summed E-state index contributed by atoms with van der Waals surface area (Å²) in [6.07, 6.45) is 3.19. The van der Waals surface area contributed by atoms with Crippen LogP contribution in [-0.4, -0.2) is 30.2 Å². The highest BCUT2D eigenvalue weighted by atomic mass is 35.5. The Morgan fingerprint density at radius 3 is 2.37 bits per heavy atom. The lowest BCUT2D eigenvalue weighted by Crippen LogP contribution is -2.40. The van der Waals surface area contributed by atoms with E-state index in [1.807, 2.05) is 31.2 Å². The quantitative estimate of drug-likeness (QED) is 0.801. The van der Waals surface area contributed by atoms with Crippen LogP contribution in [0.2, 0.25) is 0 Å². The van der Waals surface area contributed by atoms with Crippen LogP contribution in [0.1, 0.15) is 42.5 Å². The molecule has 1 N–H and O–H groups in total. The Bertz CT molecular complexity index is 938. The molecule has 3 rings (SSSR count). The number of sulfone groups is 1. The lowest BCUT2D eigenvalue weighted by atomic mass is 9.93. The van der Waals surface area contributed by atoms with Crippen LogP contribution in [0.3, 0.4) is 0 Å². The van der Waals surface area contributed by atoms with Crippen LogP contribution in [0.25, 0.3) is 0 Å². The third-order valence-electron chi connectivity index (χ3n) is 5.47. The van der Waals surface area contributed by atoms with Crippen molar-refractivity contribution in [3.8, 4) is 5.75 Å². The molecule has 0 fully saturated rings. The molecule has 6 heteroatoms. The molecule has 4 nitrogen and oxygen atoms in total. The fraction of sp³-hybridized carbons (Fsp3) is 0.429. The maximum Gasteiger partial charge on any atom is 0.175 e. The highest BCUT2D eigenvalue weighted by molar-refractivity contribution is 7.90. The second-order valence-corrected chi connectivity index (χ2v) is 10.0. The first-order chi connectivity index (χ1) is 12.1. The number of benzene rings is 2. The van der Waals surface area contributed by atoms with E-state index in [1.165, 1.54) is 17.4 Å². The number of aryl methyl sites for hydroxylation is 2. The van der Waals surface area contributed by atoms with E-state index in [0.717, 1.165) is 37.1 Å². The van der Waals surface area contributed by atoms with Gasteiger partial charge in [0.15, 0.2) is 9.84 Å². The number of hydrogen-bond donors (Lipinski definition) is 1. The standard InChI is InChI=1S/C21H27NO3S.ClH/c1-15-11-16(5-8-20(15)23)9-10-21(2,3)22-13-17-6-7-19(26(4,24)25)12-18(17)14-22;/h5-8,11-12,23H,9-10,13-14H2,1-4H3;1H. The SMILES string of the molecule is Cc1cc(CCC(C)(C)N2Cc3ccc(S(C)(=O)=O)cc3C2)ccc1O.Cl. The Morgan fingerprint density at radius 2 is 1.74 bits per heavy atom. The first-order valence-corrected chi connectivity index (χ1v) is 10.8. The molecule has 0 unspecified atom stereocenters. The summed E-state index contributed by atoms with van der Waals surface area (Å²) in [6, 6.07) is 11.3. The van der Waals surface area contributed by atoms with Crippen LogP contribution >= 0.6 is 12.4 Å². The van der Waals surface area contributed by atoms with E-state index in [4.69, 9.17) is 0 Å². The number of rotatable bonds is 5. The number of hydrogen-bond acceptors (Lipinski definition) is 4. The van der Waals surface area contributed by atoms with Crippen LogP contribution in [0, 0.1) is 6.92 Å². The zero-order valence-electron chi connectivity index (χ0n) is 16.3. The first-order valence-electron chi connectivity index (χ1n) is 8.92. The highest BCUT2D eigenvalue weighted by Gasteiger charge is 2.32. The van der Waals surface area contributed by atoms with E-state index < -0.39 is 9.84 Å². The number of nitrogens with zero attached hydrogens (tertiary/aromatic N) is 1. The zero-order chi connectivity index (χ0) is 19.1. The van der Waals surface area contributed by atoms with Gasteiger partial charge in [-0.25, -0.2) is 8.42 Å². The van der Waals surface area contributed by atoms with Crippen molar-refractivity contribution in [2.24, 2.45) is 0 Å². The predicted octanol–water partition coefficient (Wildman–Crippen LogP) is 4.25. The van der Waals surface area contributed by atoms with Gasteiger partial charge in [0.2, 0.25) is 0 Å². The second-order valence-electron chi connectivity index (χ2n) is 7.99. The molecule has 27 heavy (non-hydrogen) atoms. The van der Waals surface area contributed by atoms with Crippen molar-refractivity contribution < 1.29 is 13.5 Å². The fourth-order valence-corrected chi connectivity index (χ4v) is 4.18. The minimum Gasteiger partial charge on any atom is -0.508 e. The van der Waals surface area contributed by atoms with Gasteiger partial charge in [-0.15, -0.1) is 12.4 Å². The zero-order valence-corrected chi connectivity index (χ0v) is 18.0. The maximum atomic E-state index is 11.8. The summed E-state index contributed by atoms with van der Waals surface area (Å²) < 4.78 is 23.6. The van der Waals surface area contributed by atoms with Gasteiger partial charge >= 0.3 is 0 Å². The topological polar surface area (TPSA) is 57.6 Å². The van der Waals surface area contributed by atoms with Crippen molar-refractivity contribution in [2.45, 2.75) is 57.1 Å². The monoisotopic (exact) mass is 409 g/mol. The summed E-state index contributed by atoms with van der Waals surface area (Å²) in [7, 11) is -3.17. The summed E-state index contributed by atoms with van der Waals surface area (Å²) in [5, 5.41) is 9.67. The van der Waals surface area contributed by atoms with Crippen molar-refractivity contribution in [3.05, 3.63) is 58.7 Å². The van der Waals surface area contributed by atoms with Gasteiger partial charge < -0.3 is 5.11 Å². The lowest BCUT2D eigenvalue weighted by Gasteiger charge is -2.35. The van der Waals surface area contributed by atoms with E-state index >= 15 is 0 Å². The summed E-state index contributed by atoms with van der Waals surface area (Å²) in [6.45, 7) is 8.02. The van der Waals surface area contributed by atoms with Gasteiger partial charge in [0, 0.05) is 24.9 Å². The normalized spacial score (nSPS) is 14.7. The molecule has 2 aromatic carbocycles. The molecule has 0 amide bonds. The van der Waals surface area contributed by atoms with E-state index in [1.54, 1.807) is 12.1 Å². The van der Waals surface area contributed by atoms with Gasteiger partial charge in [-0.1, -0.05) is 18.2 Å². The molecular formula is C21H28ClNO3S. The van der Waals surface area contributed by atoms with Crippen LogP contribution in [0.4, 0.5) is 0 Å². The summed E-state index contributed by atoms with van der Waals surface area (Å²) in [5.74, 6) is 0.338. The third kappa shape index (κ3) is 4.84. The second kappa shape index (κ2) is 7.82. The highest BCUT2D eigenvalue weighted by Crippen LogP contribution is 2.33. The van der Waals surface area contributed by atoms with Crippen molar-refractivity contribution in [3.63, 3.8) is 0 Å². The first kappa shape index (κ1) is 21.7. The Labute approximate surface area is 168 Å². The molecule has 0 atom stereocenters. The Kier molecular flexibility index (Phi) is 6.30. The van der Waals surface area contributed by atoms with Gasteiger partial charge in [-0.05, 0) is 74.1 Å². The third-order valence-corrected chi connectivity index (χ3v) is 6.58. The Morgan fingerprint density at radius 1 is 1.07 bits per heavy atom. The minimum absolute atomic E-state index is 0. The van der Waals surface area contributed by atoms with E-state index in [0.29, 0.717) is 10.6 Å². The minimum atomic E-state index is -3.17. The van der Waals surface area contributed by atoms with Crippen LogP contribution in [0.15, 0.2) is 41.3 Å². The molecule has 0 spiro atoms. The number of phenolic OH excluding ortho intramolecular Hbond substituents is 1. The van der Waals surface area contributed by atoms with E-state index in [-0.39, 0.29) is 17.9 Å². The predicted molar refractivity (Wildman–Crippen MR) is 111 cm³/mol. The van der Waals surface area contributed by atoms with Crippen molar-refractivity contribution in [1.82, 2.24) is 4.90 Å². The Hall–Kier alpha value is -1.56. The van der Waals surface area contributed by atoms with Crippen LogP contribution in [0.5, 0.6) is 5.75 Å². The molecule has 1 aliphatic rings. The largest absolute Gasteiger partial charge is 0.508 e. The molecule has 2 aromatic rings. The summed E-state index contributed by atoms with van der Waals surface area (Å²) in [5.41, 5.74) is 4.45. The average Bonchev–Trinajstić information content (AvgIpc) is 2.99. The van der Waals surface area contributed by atoms with Gasteiger partial charge in [-0.3, -0.25) is 4.90 Å². The number of phenols is 1. The van der Waals surface area contributed by atoms with Gasteiger partial charge in [0.25, 0.3) is 0 Å². The van der Waals surface area contributed by atoms with Gasteiger partial charge in [-0.2, -0.15) is 0 Å². The molecular weight excluding hydrogens is 382 g/mol. The molecule has 0 saturated carbocycles. The Balaban J connectivity index is 0.00000261. The molecule has 0 aliphatic carbocycles. The number of aromatic hydroxyl groups is 1. The van der Waals surface area contributed by atoms with E-state index in [2.05, 4.69) is 18.7 Å². The molecule has 0 bridgehead atoms. The lowest BCUT2D eigenvalue weighted by molar-refractivity contribution is 0.109. The summed E-state index contributed by atoms with van der Waals surface area (Å²) >= 11 is 0. The molecule has 0 radical (unpaired) electrons. The van der Waals surface area contributed by atoms with Crippen molar-refractivity contribution >= 4 is 22.2 Å². The molecule has 1 aliphatic heterocycles. The molecule has 0 aromatic heterocycles. The smallest absolute Gasteiger partial charge is 0.175 e. The van der Waals surface area contributed by atoms with Crippen molar-refractivity contribution in [2.75, 3.05) is 6.26 Å². The number of fused-ring (bicyclic) bond motifs is 1. The maximum absolute atomic E-state index is 11.8. The molecule has 148 valence electrons. The summed E-state index contributed by atoms with van der Waals surface area (Å²) in [4.78, 5) is 2.81.